The molecular formula is C22H28O3. The highest BCUT2D eigenvalue weighted by Gasteiger charge is 2.37. The Balaban J connectivity index is 1.77. The summed E-state index contributed by atoms with van der Waals surface area (Å²) in [5.41, 5.74) is 5.04. The van der Waals surface area contributed by atoms with Crippen LogP contribution in [-0.4, -0.2) is 24.8 Å². The van der Waals surface area contributed by atoms with E-state index in [-0.39, 0.29) is 11.6 Å². The molecule has 1 fully saturated rings. The van der Waals surface area contributed by atoms with Crippen molar-refractivity contribution in [1.29, 1.82) is 0 Å². The highest BCUT2D eigenvalue weighted by Crippen LogP contribution is 2.36. The monoisotopic (exact) mass is 340 g/mol. The van der Waals surface area contributed by atoms with Crippen LogP contribution in [0, 0.1) is 19.8 Å². The SMILES string of the molecule is CCc1cc(C)cc(C)c1C1C(=O)C=C(CCC2CCOCC2)C1=O. The number of hydrogen-bond acceptors (Lipinski definition) is 3. The maximum atomic E-state index is 13.0. The molecule has 0 aromatic heterocycles. The summed E-state index contributed by atoms with van der Waals surface area (Å²) in [6.45, 7) is 7.80. The third kappa shape index (κ3) is 3.77. The van der Waals surface area contributed by atoms with E-state index in [1.807, 2.05) is 6.92 Å². The van der Waals surface area contributed by atoms with Gasteiger partial charge in [-0.2, -0.15) is 0 Å². The predicted molar refractivity (Wildman–Crippen MR) is 98.9 cm³/mol. The third-order valence-corrected chi connectivity index (χ3v) is 5.63. The van der Waals surface area contributed by atoms with Gasteiger partial charge in [-0.1, -0.05) is 24.6 Å². The van der Waals surface area contributed by atoms with E-state index >= 15 is 0 Å². The number of rotatable bonds is 5. The lowest BCUT2D eigenvalue weighted by molar-refractivity contribution is -0.122. The average molecular weight is 340 g/mol. The fourth-order valence-corrected chi connectivity index (χ4v) is 4.28. The van der Waals surface area contributed by atoms with Gasteiger partial charge in [0.2, 0.25) is 0 Å². The normalized spacial score (nSPS) is 21.7. The van der Waals surface area contributed by atoms with Gasteiger partial charge in [0, 0.05) is 13.2 Å². The Kier molecular flexibility index (Phi) is 5.53. The first kappa shape index (κ1) is 18.1. The van der Waals surface area contributed by atoms with Crippen LogP contribution in [0.4, 0.5) is 0 Å². The Labute approximate surface area is 150 Å². The lowest BCUT2D eigenvalue weighted by atomic mass is 9.84. The second-order valence-corrected chi connectivity index (χ2v) is 7.47. The quantitative estimate of drug-likeness (QED) is 0.753. The minimum Gasteiger partial charge on any atom is -0.381 e. The molecule has 1 unspecified atom stereocenters. The van der Waals surface area contributed by atoms with Crippen molar-refractivity contribution in [3.8, 4) is 0 Å². The zero-order chi connectivity index (χ0) is 18.0. The molecule has 0 radical (unpaired) electrons. The minimum atomic E-state index is -0.611. The molecule has 2 aliphatic rings. The van der Waals surface area contributed by atoms with Crippen molar-refractivity contribution in [3.05, 3.63) is 46.0 Å². The molecule has 3 heteroatoms. The van der Waals surface area contributed by atoms with Gasteiger partial charge in [0.05, 0.1) is 0 Å². The van der Waals surface area contributed by atoms with E-state index in [2.05, 4.69) is 26.0 Å². The third-order valence-electron chi connectivity index (χ3n) is 5.63. The van der Waals surface area contributed by atoms with Crippen molar-refractivity contribution in [2.45, 2.75) is 58.8 Å². The second-order valence-electron chi connectivity index (χ2n) is 7.47. The molecule has 0 saturated carbocycles. The zero-order valence-electron chi connectivity index (χ0n) is 15.6. The fraction of sp³-hybridized carbons (Fsp3) is 0.545. The Hall–Kier alpha value is -1.74. The zero-order valence-corrected chi connectivity index (χ0v) is 15.6. The molecule has 25 heavy (non-hydrogen) atoms. The van der Waals surface area contributed by atoms with Crippen LogP contribution in [0.25, 0.3) is 0 Å². The van der Waals surface area contributed by atoms with Gasteiger partial charge in [-0.05, 0) is 80.2 Å². The molecule has 1 heterocycles. The molecule has 1 saturated heterocycles. The molecule has 3 nitrogen and oxygen atoms in total. The fourth-order valence-electron chi connectivity index (χ4n) is 4.28. The molecule has 0 bridgehead atoms. The molecule has 1 aliphatic heterocycles. The summed E-state index contributed by atoms with van der Waals surface area (Å²) in [5, 5.41) is 0. The first-order chi connectivity index (χ1) is 12.0. The van der Waals surface area contributed by atoms with Gasteiger partial charge in [-0.3, -0.25) is 9.59 Å². The molecule has 0 spiro atoms. The maximum Gasteiger partial charge on any atom is 0.174 e. The van der Waals surface area contributed by atoms with Crippen LogP contribution in [0.5, 0.6) is 0 Å². The van der Waals surface area contributed by atoms with Crippen LogP contribution in [0.15, 0.2) is 23.8 Å². The van der Waals surface area contributed by atoms with Gasteiger partial charge in [0.15, 0.2) is 11.6 Å². The van der Waals surface area contributed by atoms with E-state index in [1.54, 1.807) is 6.08 Å². The van der Waals surface area contributed by atoms with Crippen molar-refractivity contribution in [2.24, 2.45) is 5.92 Å². The average Bonchev–Trinajstić information content (AvgIpc) is 2.87. The van der Waals surface area contributed by atoms with E-state index in [9.17, 15) is 9.59 Å². The van der Waals surface area contributed by atoms with E-state index in [4.69, 9.17) is 4.74 Å². The van der Waals surface area contributed by atoms with E-state index in [0.29, 0.717) is 5.92 Å². The largest absolute Gasteiger partial charge is 0.381 e. The molecule has 1 aromatic carbocycles. The van der Waals surface area contributed by atoms with Crippen LogP contribution in [0.2, 0.25) is 0 Å². The van der Waals surface area contributed by atoms with Crippen molar-refractivity contribution >= 4 is 11.6 Å². The Morgan fingerprint density at radius 2 is 1.84 bits per heavy atom. The molecular weight excluding hydrogens is 312 g/mol. The number of Topliss-reactive ketones (excluding diaryl/α,β-unsaturated/α-hetero) is 1. The van der Waals surface area contributed by atoms with Crippen LogP contribution in [-0.2, 0) is 20.7 Å². The number of carbonyl (C=O) groups is 2. The highest BCUT2D eigenvalue weighted by atomic mass is 16.5. The Morgan fingerprint density at radius 3 is 2.52 bits per heavy atom. The number of allylic oxidation sites excluding steroid dienone is 2. The lowest BCUT2D eigenvalue weighted by Crippen LogP contribution is -2.19. The van der Waals surface area contributed by atoms with Gasteiger partial charge >= 0.3 is 0 Å². The van der Waals surface area contributed by atoms with Crippen molar-refractivity contribution in [1.82, 2.24) is 0 Å². The second kappa shape index (κ2) is 7.65. The number of carbonyl (C=O) groups excluding carboxylic acids is 2. The van der Waals surface area contributed by atoms with Crippen LogP contribution in [0.3, 0.4) is 0 Å². The maximum absolute atomic E-state index is 13.0. The highest BCUT2D eigenvalue weighted by molar-refractivity contribution is 6.25. The first-order valence-corrected chi connectivity index (χ1v) is 9.47. The molecule has 1 aromatic rings. The van der Waals surface area contributed by atoms with Crippen LogP contribution >= 0.6 is 0 Å². The molecule has 0 amide bonds. The predicted octanol–water partition coefficient (Wildman–Crippen LogP) is 4.23. The minimum absolute atomic E-state index is 0.0266. The number of hydrogen-bond donors (Lipinski definition) is 0. The number of aryl methyl sites for hydroxylation is 3. The van der Waals surface area contributed by atoms with Crippen LogP contribution in [0.1, 0.15) is 60.8 Å². The number of ether oxygens (including phenoxy) is 1. The summed E-state index contributed by atoms with van der Waals surface area (Å²) in [6, 6.07) is 4.19. The van der Waals surface area contributed by atoms with Gasteiger partial charge in [-0.15, -0.1) is 0 Å². The molecule has 0 N–H and O–H groups in total. The molecule has 3 rings (SSSR count). The van der Waals surface area contributed by atoms with Crippen molar-refractivity contribution < 1.29 is 14.3 Å². The summed E-state index contributed by atoms with van der Waals surface area (Å²) in [5.74, 6) is -0.00324. The summed E-state index contributed by atoms with van der Waals surface area (Å²) in [7, 11) is 0. The number of ketones is 2. The van der Waals surface area contributed by atoms with Gasteiger partial charge in [0.25, 0.3) is 0 Å². The first-order valence-electron chi connectivity index (χ1n) is 9.47. The topological polar surface area (TPSA) is 43.4 Å². The standard InChI is InChI=1S/C22H28O3/c1-4-17-12-14(2)11-15(3)20(17)21-19(23)13-18(22(21)24)6-5-16-7-9-25-10-8-16/h11-13,16,21H,4-10H2,1-3H3. The van der Waals surface area contributed by atoms with E-state index in [0.717, 1.165) is 67.6 Å². The summed E-state index contributed by atoms with van der Waals surface area (Å²) in [6.07, 6.45) is 6.29. The molecule has 1 aliphatic carbocycles. The van der Waals surface area contributed by atoms with Crippen molar-refractivity contribution in [3.63, 3.8) is 0 Å². The van der Waals surface area contributed by atoms with Gasteiger partial charge in [0.1, 0.15) is 5.92 Å². The van der Waals surface area contributed by atoms with Gasteiger partial charge in [-0.25, -0.2) is 0 Å². The van der Waals surface area contributed by atoms with E-state index in [1.165, 1.54) is 5.56 Å². The van der Waals surface area contributed by atoms with E-state index < -0.39 is 5.92 Å². The Bertz CT molecular complexity index is 708. The number of benzene rings is 1. The Morgan fingerprint density at radius 1 is 1.12 bits per heavy atom. The summed E-state index contributed by atoms with van der Waals surface area (Å²) >= 11 is 0. The van der Waals surface area contributed by atoms with Gasteiger partial charge < -0.3 is 4.74 Å². The van der Waals surface area contributed by atoms with Crippen LogP contribution < -0.4 is 0 Å². The molecule has 1 atom stereocenters. The lowest BCUT2D eigenvalue weighted by Gasteiger charge is -2.22. The molecule has 134 valence electrons. The van der Waals surface area contributed by atoms with Crippen molar-refractivity contribution in [2.75, 3.05) is 13.2 Å². The smallest absolute Gasteiger partial charge is 0.174 e. The summed E-state index contributed by atoms with van der Waals surface area (Å²) in [4.78, 5) is 25.6. The summed E-state index contributed by atoms with van der Waals surface area (Å²) < 4.78 is 5.40.